The molecule has 1 heterocycles. The Bertz CT molecular complexity index is 520. The van der Waals surface area contributed by atoms with Gasteiger partial charge >= 0.3 is 0 Å². The minimum absolute atomic E-state index is 0.0608. The molecule has 2 aromatic rings. The van der Waals surface area contributed by atoms with Gasteiger partial charge in [-0.15, -0.1) is 11.3 Å². The van der Waals surface area contributed by atoms with Crippen molar-refractivity contribution in [2.45, 2.75) is 19.8 Å². The van der Waals surface area contributed by atoms with Crippen LogP contribution in [0.2, 0.25) is 0 Å². The first-order chi connectivity index (χ1) is 9.78. The average Bonchev–Trinajstić information content (AvgIpc) is 2.94. The fraction of sp³-hybridized carbons (Fsp3) is 0.312. The van der Waals surface area contributed by atoms with E-state index in [-0.39, 0.29) is 5.91 Å². The highest BCUT2D eigenvalue weighted by Gasteiger charge is 2.03. The molecule has 2 rings (SSSR count). The third-order valence-corrected chi connectivity index (χ3v) is 3.81. The van der Waals surface area contributed by atoms with E-state index in [9.17, 15) is 4.79 Å². The van der Waals surface area contributed by atoms with E-state index in [4.69, 9.17) is 4.74 Å². The molecule has 20 heavy (non-hydrogen) atoms. The monoisotopic (exact) mass is 289 g/mol. The highest BCUT2D eigenvalue weighted by molar-refractivity contribution is 7.09. The van der Waals surface area contributed by atoms with Crippen molar-refractivity contribution >= 4 is 17.2 Å². The second-order valence-corrected chi connectivity index (χ2v) is 5.47. The van der Waals surface area contributed by atoms with Crippen LogP contribution in [0.4, 0.5) is 0 Å². The molecule has 0 aliphatic rings. The van der Waals surface area contributed by atoms with E-state index < -0.39 is 0 Å². The maximum atomic E-state index is 11.8. The first kappa shape index (κ1) is 14.6. The summed E-state index contributed by atoms with van der Waals surface area (Å²) in [5.41, 5.74) is 1.00. The van der Waals surface area contributed by atoms with E-state index in [1.54, 1.807) is 11.3 Å². The molecule has 1 aromatic carbocycles. The number of benzene rings is 1. The second kappa shape index (κ2) is 7.70. The lowest BCUT2D eigenvalue weighted by molar-refractivity contribution is -0.120. The molecule has 0 aliphatic heterocycles. The molecule has 1 amide bonds. The fourth-order valence-corrected chi connectivity index (χ4v) is 2.61. The molecular weight excluding hydrogens is 270 g/mol. The lowest BCUT2D eigenvalue weighted by atomic mass is 10.1. The minimum atomic E-state index is 0.0608. The quantitative estimate of drug-likeness (QED) is 0.851. The van der Waals surface area contributed by atoms with Gasteiger partial charge in [0.25, 0.3) is 0 Å². The molecular formula is C16H19NO2S. The Labute approximate surface area is 123 Å². The molecule has 0 bridgehead atoms. The predicted octanol–water partition coefficient (Wildman–Crippen LogP) is 3.05. The van der Waals surface area contributed by atoms with Gasteiger partial charge in [-0.3, -0.25) is 4.79 Å². The van der Waals surface area contributed by atoms with E-state index in [1.165, 1.54) is 4.88 Å². The Morgan fingerprint density at radius 2 is 2.05 bits per heavy atom. The van der Waals surface area contributed by atoms with Gasteiger partial charge < -0.3 is 10.1 Å². The van der Waals surface area contributed by atoms with Crippen LogP contribution >= 0.6 is 11.3 Å². The summed E-state index contributed by atoms with van der Waals surface area (Å²) >= 11 is 1.72. The van der Waals surface area contributed by atoms with Gasteiger partial charge in [0.15, 0.2) is 0 Å². The zero-order chi connectivity index (χ0) is 14.2. The number of carbonyl (C=O) groups is 1. The molecule has 3 nitrogen and oxygen atoms in total. The van der Waals surface area contributed by atoms with Crippen LogP contribution in [0.1, 0.15) is 17.4 Å². The summed E-state index contributed by atoms with van der Waals surface area (Å²) in [7, 11) is 0. The van der Waals surface area contributed by atoms with Crippen LogP contribution in [0.5, 0.6) is 5.75 Å². The normalized spacial score (nSPS) is 10.2. The first-order valence-electron chi connectivity index (χ1n) is 6.78. The van der Waals surface area contributed by atoms with Gasteiger partial charge in [-0.1, -0.05) is 18.2 Å². The molecule has 106 valence electrons. The number of hydrogen-bond donors (Lipinski definition) is 1. The van der Waals surface area contributed by atoms with Gasteiger partial charge in [0.05, 0.1) is 13.0 Å². The highest BCUT2D eigenvalue weighted by atomic mass is 32.1. The number of ether oxygens (including phenoxy) is 1. The largest absolute Gasteiger partial charge is 0.494 e. The molecule has 1 aromatic heterocycles. The lowest BCUT2D eigenvalue weighted by Crippen LogP contribution is -2.27. The van der Waals surface area contributed by atoms with Gasteiger partial charge in [0.1, 0.15) is 5.75 Å². The molecule has 0 saturated carbocycles. The van der Waals surface area contributed by atoms with Crippen molar-refractivity contribution in [3.63, 3.8) is 0 Å². The average molecular weight is 289 g/mol. The summed E-state index contributed by atoms with van der Waals surface area (Å²) in [6.45, 7) is 3.30. The summed E-state index contributed by atoms with van der Waals surface area (Å²) in [5, 5.41) is 5.00. The number of hydrogen-bond acceptors (Lipinski definition) is 3. The molecule has 0 unspecified atom stereocenters. The Morgan fingerprint density at radius 1 is 1.25 bits per heavy atom. The van der Waals surface area contributed by atoms with Crippen LogP contribution in [0.3, 0.4) is 0 Å². The Morgan fingerprint density at radius 3 is 2.70 bits per heavy atom. The van der Waals surface area contributed by atoms with Crippen molar-refractivity contribution < 1.29 is 9.53 Å². The summed E-state index contributed by atoms with van der Waals surface area (Å²) in [5.74, 6) is 0.903. The zero-order valence-corrected chi connectivity index (χ0v) is 12.4. The van der Waals surface area contributed by atoms with E-state index in [1.807, 2.05) is 37.3 Å². The Balaban J connectivity index is 1.73. The summed E-state index contributed by atoms with van der Waals surface area (Å²) in [6, 6.07) is 11.8. The van der Waals surface area contributed by atoms with Crippen molar-refractivity contribution in [2.24, 2.45) is 0 Å². The standard InChI is InChI=1S/C16H19NO2S/c1-2-19-14-7-5-13(6-8-14)12-16(18)17-10-9-15-4-3-11-20-15/h3-8,11H,2,9-10,12H2,1H3,(H,17,18). The number of nitrogens with one attached hydrogen (secondary N) is 1. The first-order valence-corrected chi connectivity index (χ1v) is 7.66. The number of carbonyl (C=O) groups excluding carboxylic acids is 1. The van der Waals surface area contributed by atoms with Gasteiger partial charge in [-0.05, 0) is 42.5 Å². The van der Waals surface area contributed by atoms with E-state index in [0.29, 0.717) is 19.6 Å². The third kappa shape index (κ3) is 4.70. The summed E-state index contributed by atoms with van der Waals surface area (Å²) in [6.07, 6.45) is 1.31. The molecule has 0 radical (unpaired) electrons. The van der Waals surface area contributed by atoms with Crippen molar-refractivity contribution in [1.82, 2.24) is 5.32 Å². The van der Waals surface area contributed by atoms with E-state index >= 15 is 0 Å². The summed E-state index contributed by atoms with van der Waals surface area (Å²) < 4.78 is 5.37. The summed E-state index contributed by atoms with van der Waals surface area (Å²) in [4.78, 5) is 13.1. The Hall–Kier alpha value is -1.81. The van der Waals surface area contributed by atoms with E-state index in [2.05, 4.69) is 16.8 Å². The molecule has 0 saturated heterocycles. The molecule has 4 heteroatoms. The van der Waals surface area contributed by atoms with Crippen molar-refractivity contribution in [3.8, 4) is 5.75 Å². The van der Waals surface area contributed by atoms with Crippen LogP contribution in [-0.2, 0) is 17.6 Å². The van der Waals surface area contributed by atoms with Gasteiger partial charge in [-0.2, -0.15) is 0 Å². The molecule has 0 atom stereocenters. The van der Waals surface area contributed by atoms with E-state index in [0.717, 1.165) is 17.7 Å². The SMILES string of the molecule is CCOc1ccc(CC(=O)NCCc2cccs2)cc1. The maximum absolute atomic E-state index is 11.8. The van der Waals surface area contributed by atoms with Crippen LogP contribution in [0, 0.1) is 0 Å². The lowest BCUT2D eigenvalue weighted by Gasteiger charge is -2.06. The van der Waals surface area contributed by atoms with Crippen LogP contribution in [0.25, 0.3) is 0 Å². The minimum Gasteiger partial charge on any atom is -0.494 e. The Kier molecular flexibility index (Phi) is 5.62. The number of thiophene rings is 1. The fourth-order valence-electron chi connectivity index (χ4n) is 1.90. The smallest absolute Gasteiger partial charge is 0.224 e. The number of rotatable bonds is 7. The molecule has 0 aliphatic carbocycles. The van der Waals surface area contributed by atoms with Gasteiger partial charge in [-0.25, -0.2) is 0 Å². The maximum Gasteiger partial charge on any atom is 0.224 e. The number of amides is 1. The predicted molar refractivity (Wildman–Crippen MR) is 82.3 cm³/mol. The van der Waals surface area contributed by atoms with Crippen molar-refractivity contribution in [3.05, 3.63) is 52.2 Å². The molecule has 0 spiro atoms. The molecule has 1 N–H and O–H groups in total. The van der Waals surface area contributed by atoms with Gasteiger partial charge in [0, 0.05) is 11.4 Å². The molecule has 0 fully saturated rings. The van der Waals surface area contributed by atoms with Crippen LogP contribution in [0.15, 0.2) is 41.8 Å². The third-order valence-electron chi connectivity index (χ3n) is 2.87. The van der Waals surface area contributed by atoms with Crippen LogP contribution < -0.4 is 10.1 Å². The van der Waals surface area contributed by atoms with Crippen molar-refractivity contribution in [1.29, 1.82) is 0 Å². The second-order valence-electron chi connectivity index (χ2n) is 4.43. The van der Waals surface area contributed by atoms with Crippen LogP contribution in [-0.4, -0.2) is 19.1 Å². The van der Waals surface area contributed by atoms with Gasteiger partial charge in [0.2, 0.25) is 5.91 Å². The zero-order valence-electron chi connectivity index (χ0n) is 11.6. The highest BCUT2D eigenvalue weighted by Crippen LogP contribution is 2.12. The topological polar surface area (TPSA) is 38.3 Å². The van der Waals surface area contributed by atoms with Crippen molar-refractivity contribution in [2.75, 3.05) is 13.2 Å².